The summed E-state index contributed by atoms with van der Waals surface area (Å²) in [7, 11) is 1.29. The Morgan fingerprint density at radius 3 is 1.73 bits per heavy atom. The first-order valence-corrected chi connectivity index (χ1v) is 10.0. The highest BCUT2D eigenvalue weighted by molar-refractivity contribution is 5.12. The number of ether oxygens (including phenoxy) is 4. The van der Waals surface area contributed by atoms with Crippen LogP contribution in [-0.4, -0.2) is 97.8 Å². The topological polar surface area (TPSA) is 158 Å². The lowest BCUT2D eigenvalue weighted by atomic mass is 9.65. The molecule has 0 saturated carbocycles. The molecule has 0 aromatic carbocycles. The SMILES string of the molecule is COC1OC(O)(CO)C(OC2OC(C)(CO)C(C)C(C)(O)C2(C)O)C(C)(C)C1(C)O. The van der Waals surface area contributed by atoms with Gasteiger partial charge in [0.25, 0.3) is 0 Å². The van der Waals surface area contributed by atoms with Crippen molar-refractivity contribution in [2.45, 2.75) is 95.3 Å². The standard InChI is InChI=1S/C20H38O10/c1-11-16(4,9-21)29-14(19(7,25)17(11,5)23)28-12-15(2,3)18(6,24)13(27-8)30-20(12,26)10-22/h11-14,21-26H,9-10H2,1-8H3. The molecular formula is C20H38O10. The maximum absolute atomic E-state index is 11.2. The summed E-state index contributed by atoms with van der Waals surface area (Å²) in [6.07, 6.45) is -4.27. The van der Waals surface area contributed by atoms with E-state index in [4.69, 9.17) is 18.9 Å². The average molecular weight is 439 g/mol. The first-order valence-electron chi connectivity index (χ1n) is 10.0. The molecule has 2 heterocycles. The lowest BCUT2D eigenvalue weighted by Crippen LogP contribution is -2.77. The molecule has 2 aliphatic rings. The Bertz CT molecular complexity index is 633. The highest BCUT2D eigenvalue weighted by atomic mass is 16.8. The molecule has 10 nitrogen and oxygen atoms in total. The van der Waals surface area contributed by atoms with Gasteiger partial charge in [0.15, 0.2) is 12.6 Å². The van der Waals surface area contributed by atoms with Gasteiger partial charge >= 0.3 is 0 Å². The largest absolute Gasteiger partial charge is 0.393 e. The normalized spacial score (nSPS) is 54.2. The Morgan fingerprint density at radius 1 is 0.767 bits per heavy atom. The van der Waals surface area contributed by atoms with Crippen molar-refractivity contribution in [3.05, 3.63) is 0 Å². The molecule has 6 N–H and O–H groups in total. The minimum atomic E-state index is -2.32. The third-order valence-electron chi connectivity index (χ3n) is 7.77. The van der Waals surface area contributed by atoms with E-state index < -0.39 is 71.4 Å². The van der Waals surface area contributed by atoms with Gasteiger partial charge in [-0.1, -0.05) is 20.8 Å². The van der Waals surface area contributed by atoms with Crippen molar-refractivity contribution in [1.82, 2.24) is 0 Å². The fourth-order valence-electron chi connectivity index (χ4n) is 4.36. The van der Waals surface area contributed by atoms with Crippen molar-refractivity contribution in [2.24, 2.45) is 11.3 Å². The molecule has 0 bridgehead atoms. The van der Waals surface area contributed by atoms with Crippen molar-refractivity contribution in [1.29, 1.82) is 0 Å². The predicted molar refractivity (Wildman–Crippen MR) is 104 cm³/mol. The van der Waals surface area contributed by atoms with Gasteiger partial charge in [0.1, 0.15) is 22.9 Å². The first kappa shape index (κ1) is 25.9. The van der Waals surface area contributed by atoms with Gasteiger partial charge in [0.2, 0.25) is 5.79 Å². The van der Waals surface area contributed by atoms with Gasteiger partial charge in [0, 0.05) is 18.4 Å². The van der Waals surface area contributed by atoms with Crippen LogP contribution in [0.25, 0.3) is 0 Å². The summed E-state index contributed by atoms with van der Waals surface area (Å²) in [6, 6.07) is 0. The lowest BCUT2D eigenvalue weighted by Gasteiger charge is -2.61. The Kier molecular flexibility index (Phi) is 6.54. The Balaban J connectivity index is 2.54. The molecule has 10 heteroatoms. The van der Waals surface area contributed by atoms with Crippen LogP contribution in [0.3, 0.4) is 0 Å². The second kappa shape index (κ2) is 7.58. The minimum Gasteiger partial charge on any atom is -0.393 e. The summed E-state index contributed by atoms with van der Waals surface area (Å²) in [5, 5.41) is 64.2. The number of aliphatic hydroxyl groups excluding tert-OH is 2. The number of methoxy groups -OCH3 is 1. The van der Waals surface area contributed by atoms with Crippen LogP contribution < -0.4 is 0 Å². The zero-order valence-electron chi connectivity index (χ0n) is 19.0. The summed E-state index contributed by atoms with van der Waals surface area (Å²) in [4.78, 5) is 0. The van der Waals surface area contributed by atoms with E-state index in [0.717, 1.165) is 0 Å². The van der Waals surface area contributed by atoms with E-state index in [1.165, 1.54) is 27.9 Å². The summed E-state index contributed by atoms with van der Waals surface area (Å²) < 4.78 is 22.5. The average Bonchev–Trinajstić information content (AvgIpc) is 2.65. The van der Waals surface area contributed by atoms with Gasteiger partial charge in [-0.25, -0.2) is 0 Å². The van der Waals surface area contributed by atoms with Crippen molar-refractivity contribution in [3.8, 4) is 0 Å². The maximum atomic E-state index is 11.2. The van der Waals surface area contributed by atoms with E-state index in [1.54, 1.807) is 27.7 Å². The molecule has 2 fully saturated rings. The van der Waals surface area contributed by atoms with Gasteiger partial charge in [-0.3, -0.25) is 0 Å². The van der Waals surface area contributed by atoms with Crippen LogP contribution in [0, 0.1) is 11.3 Å². The van der Waals surface area contributed by atoms with E-state index in [-0.39, 0.29) is 0 Å². The zero-order valence-corrected chi connectivity index (χ0v) is 19.0. The number of rotatable bonds is 5. The number of hydrogen-bond acceptors (Lipinski definition) is 10. The van der Waals surface area contributed by atoms with E-state index in [1.807, 2.05) is 0 Å². The van der Waals surface area contributed by atoms with E-state index >= 15 is 0 Å². The second-order valence-electron chi connectivity index (χ2n) is 10.0. The maximum Gasteiger partial charge on any atom is 0.219 e. The molecule has 2 rings (SSSR count). The molecule has 0 aliphatic carbocycles. The van der Waals surface area contributed by atoms with E-state index in [0.29, 0.717) is 0 Å². The molecule has 2 aliphatic heterocycles. The van der Waals surface area contributed by atoms with Crippen LogP contribution in [0.5, 0.6) is 0 Å². The molecule has 2 saturated heterocycles. The summed E-state index contributed by atoms with van der Waals surface area (Å²) in [6.45, 7) is 9.13. The quantitative estimate of drug-likeness (QED) is 0.317. The number of aliphatic hydroxyl groups is 6. The molecule has 30 heavy (non-hydrogen) atoms. The van der Waals surface area contributed by atoms with Crippen LogP contribution in [0.2, 0.25) is 0 Å². The van der Waals surface area contributed by atoms with Crippen molar-refractivity contribution >= 4 is 0 Å². The van der Waals surface area contributed by atoms with Crippen LogP contribution in [0.15, 0.2) is 0 Å². The van der Waals surface area contributed by atoms with Crippen LogP contribution >= 0.6 is 0 Å². The Labute approximate surface area is 177 Å². The summed E-state index contributed by atoms with van der Waals surface area (Å²) in [5.41, 5.74) is -8.03. The van der Waals surface area contributed by atoms with Crippen molar-refractivity contribution in [2.75, 3.05) is 20.3 Å². The summed E-state index contributed by atoms with van der Waals surface area (Å²) >= 11 is 0. The van der Waals surface area contributed by atoms with E-state index in [2.05, 4.69) is 0 Å². The molecule has 9 atom stereocenters. The molecule has 0 aromatic rings. The zero-order chi connectivity index (χ0) is 23.6. The van der Waals surface area contributed by atoms with Crippen LogP contribution in [0.1, 0.15) is 48.5 Å². The fourth-order valence-corrected chi connectivity index (χ4v) is 4.36. The first-order chi connectivity index (χ1) is 13.4. The van der Waals surface area contributed by atoms with Crippen molar-refractivity contribution < 1.29 is 49.6 Å². The van der Waals surface area contributed by atoms with Gasteiger partial charge < -0.3 is 49.6 Å². The van der Waals surface area contributed by atoms with Crippen molar-refractivity contribution in [3.63, 3.8) is 0 Å². The Morgan fingerprint density at radius 2 is 1.30 bits per heavy atom. The third kappa shape index (κ3) is 3.42. The predicted octanol–water partition coefficient (Wildman–Crippen LogP) is -0.922. The highest BCUT2D eigenvalue weighted by Gasteiger charge is 2.68. The third-order valence-corrected chi connectivity index (χ3v) is 7.77. The minimum absolute atomic E-state index is 0.474. The highest BCUT2D eigenvalue weighted by Crippen LogP contribution is 2.52. The van der Waals surface area contributed by atoms with Gasteiger partial charge in [-0.05, 0) is 27.7 Å². The molecule has 0 aromatic heterocycles. The molecule has 0 radical (unpaired) electrons. The van der Waals surface area contributed by atoms with E-state index in [9.17, 15) is 30.6 Å². The molecule has 9 unspecified atom stereocenters. The number of hydrogen-bond donors (Lipinski definition) is 6. The second-order valence-corrected chi connectivity index (χ2v) is 10.0. The summed E-state index contributed by atoms with van der Waals surface area (Å²) in [5.74, 6) is -3.02. The molecule has 178 valence electrons. The Hall–Kier alpha value is -0.400. The lowest BCUT2D eigenvalue weighted by molar-refractivity contribution is -0.463. The molecular weight excluding hydrogens is 400 g/mol. The van der Waals surface area contributed by atoms with Gasteiger partial charge in [-0.15, -0.1) is 0 Å². The van der Waals surface area contributed by atoms with Gasteiger partial charge in [-0.2, -0.15) is 0 Å². The monoisotopic (exact) mass is 438 g/mol. The smallest absolute Gasteiger partial charge is 0.219 e. The molecule has 0 amide bonds. The van der Waals surface area contributed by atoms with Crippen LogP contribution in [-0.2, 0) is 18.9 Å². The van der Waals surface area contributed by atoms with Gasteiger partial charge in [0.05, 0.1) is 18.8 Å². The van der Waals surface area contributed by atoms with Crippen LogP contribution in [0.4, 0.5) is 0 Å². The molecule has 0 spiro atoms. The fraction of sp³-hybridized carbons (Fsp3) is 1.00.